The van der Waals surface area contributed by atoms with Crippen molar-refractivity contribution in [1.29, 1.82) is 0 Å². The average molecular weight is 330 g/mol. The molecule has 0 spiro atoms. The highest BCUT2D eigenvalue weighted by molar-refractivity contribution is 6.05. The van der Waals surface area contributed by atoms with Crippen LogP contribution in [0.3, 0.4) is 0 Å². The highest BCUT2D eigenvalue weighted by atomic mass is 19.1. The van der Waals surface area contributed by atoms with Crippen LogP contribution < -0.4 is 10.6 Å². The Morgan fingerprint density at radius 1 is 1.21 bits per heavy atom. The molecule has 2 amide bonds. The fourth-order valence-corrected chi connectivity index (χ4v) is 2.07. The fraction of sp³-hybridized carbons (Fsp3) is 0.235. The van der Waals surface area contributed by atoms with Gasteiger partial charge in [-0.3, -0.25) is 14.6 Å². The van der Waals surface area contributed by atoms with Gasteiger partial charge < -0.3 is 15.5 Å². The molecular formula is C17H19FN4O2. The Morgan fingerprint density at radius 2 is 1.96 bits per heavy atom. The third-order valence-electron chi connectivity index (χ3n) is 3.25. The number of pyridine rings is 1. The lowest BCUT2D eigenvalue weighted by molar-refractivity contribution is -0.116. The number of rotatable bonds is 5. The van der Waals surface area contributed by atoms with Gasteiger partial charge in [-0.1, -0.05) is 6.07 Å². The van der Waals surface area contributed by atoms with Gasteiger partial charge in [0.2, 0.25) is 5.91 Å². The number of hydrogen-bond acceptors (Lipinski definition) is 4. The number of aryl methyl sites for hydroxylation is 1. The molecule has 0 aliphatic carbocycles. The molecule has 1 heterocycles. The molecule has 0 unspecified atom stereocenters. The summed E-state index contributed by atoms with van der Waals surface area (Å²) >= 11 is 0. The summed E-state index contributed by atoms with van der Waals surface area (Å²) in [5.41, 5.74) is 1.82. The van der Waals surface area contributed by atoms with Crippen LogP contribution in [0, 0.1) is 12.7 Å². The van der Waals surface area contributed by atoms with Crippen LogP contribution in [0.15, 0.2) is 36.7 Å². The first-order valence-corrected chi connectivity index (χ1v) is 7.33. The minimum atomic E-state index is -0.693. The lowest BCUT2D eigenvalue weighted by Gasteiger charge is -2.13. The Morgan fingerprint density at radius 3 is 2.62 bits per heavy atom. The van der Waals surface area contributed by atoms with Crippen LogP contribution >= 0.6 is 0 Å². The Kier molecular flexibility index (Phi) is 5.59. The molecule has 0 saturated carbocycles. The van der Waals surface area contributed by atoms with Gasteiger partial charge in [0.05, 0.1) is 18.3 Å². The van der Waals surface area contributed by atoms with Gasteiger partial charge in [0.1, 0.15) is 0 Å². The molecule has 0 atom stereocenters. The molecule has 0 aliphatic heterocycles. The van der Waals surface area contributed by atoms with E-state index in [0.717, 1.165) is 11.8 Å². The second kappa shape index (κ2) is 7.65. The first-order chi connectivity index (χ1) is 11.4. The summed E-state index contributed by atoms with van der Waals surface area (Å²) in [7, 11) is 3.60. The largest absolute Gasteiger partial charge is 0.325 e. The number of halogens is 1. The molecule has 2 N–H and O–H groups in total. The van der Waals surface area contributed by atoms with Crippen molar-refractivity contribution in [2.24, 2.45) is 0 Å². The molecule has 2 rings (SSSR count). The van der Waals surface area contributed by atoms with Gasteiger partial charge in [0.25, 0.3) is 5.91 Å². The van der Waals surface area contributed by atoms with E-state index in [1.54, 1.807) is 37.2 Å². The van der Waals surface area contributed by atoms with Gasteiger partial charge in [0, 0.05) is 17.6 Å². The molecule has 24 heavy (non-hydrogen) atoms. The molecule has 0 saturated heterocycles. The molecule has 1 aromatic carbocycles. The van der Waals surface area contributed by atoms with Crippen LogP contribution in [0.1, 0.15) is 15.9 Å². The number of benzene rings is 1. The first kappa shape index (κ1) is 17.6. The van der Waals surface area contributed by atoms with Crippen LogP contribution in [0.2, 0.25) is 0 Å². The number of hydrogen-bond donors (Lipinski definition) is 2. The normalized spacial score (nSPS) is 10.5. The summed E-state index contributed by atoms with van der Waals surface area (Å²) in [6.45, 7) is 2.09. The van der Waals surface area contributed by atoms with E-state index < -0.39 is 11.7 Å². The second-order valence-electron chi connectivity index (χ2n) is 5.63. The van der Waals surface area contributed by atoms with Crippen LogP contribution in [0.25, 0.3) is 0 Å². The zero-order valence-corrected chi connectivity index (χ0v) is 13.8. The van der Waals surface area contributed by atoms with E-state index in [2.05, 4.69) is 15.6 Å². The Balaban J connectivity index is 2.14. The van der Waals surface area contributed by atoms with Crippen LogP contribution in [0.5, 0.6) is 0 Å². The predicted octanol–water partition coefficient (Wildman–Crippen LogP) is 2.28. The van der Waals surface area contributed by atoms with Crippen LogP contribution in [-0.4, -0.2) is 42.3 Å². The number of nitrogens with zero attached hydrogens (tertiary/aromatic N) is 2. The van der Waals surface area contributed by atoms with Gasteiger partial charge >= 0.3 is 0 Å². The number of carbonyl (C=O) groups is 2. The predicted molar refractivity (Wildman–Crippen MR) is 90.5 cm³/mol. The maximum absolute atomic E-state index is 13.6. The van der Waals surface area contributed by atoms with Crippen molar-refractivity contribution in [3.05, 3.63) is 53.6 Å². The lowest BCUT2D eigenvalue weighted by atomic mass is 10.1. The number of nitrogens with one attached hydrogen (secondary N) is 2. The van der Waals surface area contributed by atoms with Crippen molar-refractivity contribution in [1.82, 2.24) is 9.88 Å². The maximum Gasteiger partial charge on any atom is 0.258 e. The van der Waals surface area contributed by atoms with E-state index in [1.807, 2.05) is 6.92 Å². The van der Waals surface area contributed by atoms with Gasteiger partial charge in [0.15, 0.2) is 5.82 Å². The summed E-state index contributed by atoms with van der Waals surface area (Å²) in [5, 5.41) is 5.40. The van der Waals surface area contributed by atoms with Crippen molar-refractivity contribution in [2.75, 3.05) is 31.3 Å². The lowest BCUT2D eigenvalue weighted by Crippen LogP contribution is -2.27. The molecule has 0 bridgehead atoms. The monoisotopic (exact) mass is 330 g/mol. The van der Waals surface area contributed by atoms with Gasteiger partial charge in [-0.2, -0.15) is 0 Å². The average Bonchev–Trinajstić information content (AvgIpc) is 2.50. The summed E-state index contributed by atoms with van der Waals surface area (Å²) < 4.78 is 13.6. The quantitative estimate of drug-likeness (QED) is 0.882. The summed E-state index contributed by atoms with van der Waals surface area (Å²) in [4.78, 5) is 29.4. The third kappa shape index (κ3) is 4.60. The van der Waals surface area contributed by atoms with E-state index in [1.165, 1.54) is 12.3 Å². The molecule has 0 aliphatic rings. The molecule has 0 radical (unpaired) electrons. The summed E-state index contributed by atoms with van der Waals surface area (Å²) in [5.74, 6) is -1.43. The molecule has 7 heteroatoms. The number of aromatic nitrogens is 1. The van der Waals surface area contributed by atoms with E-state index in [0.29, 0.717) is 11.4 Å². The highest BCUT2D eigenvalue weighted by Crippen LogP contribution is 2.21. The summed E-state index contributed by atoms with van der Waals surface area (Å²) in [6.07, 6.45) is 2.33. The molecule has 2 aromatic rings. The smallest absolute Gasteiger partial charge is 0.258 e. The summed E-state index contributed by atoms with van der Waals surface area (Å²) in [6, 6.07) is 6.40. The fourth-order valence-electron chi connectivity index (χ4n) is 2.07. The van der Waals surface area contributed by atoms with Gasteiger partial charge in [-0.25, -0.2) is 4.39 Å². The molecule has 0 fully saturated rings. The second-order valence-corrected chi connectivity index (χ2v) is 5.63. The standard InChI is InChI=1S/C17H19FN4O2/c1-11-4-5-12(8-15(11)21-16(23)10-22(2)3)20-17(24)13-6-7-19-9-14(13)18/h4-9H,10H2,1-3H3,(H,20,24)(H,21,23). The first-order valence-electron chi connectivity index (χ1n) is 7.33. The third-order valence-corrected chi connectivity index (χ3v) is 3.25. The minimum Gasteiger partial charge on any atom is -0.325 e. The number of carbonyl (C=O) groups excluding carboxylic acids is 2. The van der Waals surface area contributed by atoms with Crippen molar-refractivity contribution in [2.45, 2.75) is 6.92 Å². The number of likely N-dealkylation sites (N-methyl/N-ethyl adjacent to an activating group) is 1. The molecule has 126 valence electrons. The van der Waals surface area contributed by atoms with Crippen molar-refractivity contribution in [3.8, 4) is 0 Å². The number of amides is 2. The zero-order valence-electron chi connectivity index (χ0n) is 13.8. The van der Waals surface area contributed by atoms with Crippen LogP contribution in [0.4, 0.5) is 15.8 Å². The minimum absolute atomic E-state index is 0.0937. The van der Waals surface area contributed by atoms with Crippen molar-refractivity contribution in [3.63, 3.8) is 0 Å². The zero-order chi connectivity index (χ0) is 17.7. The van der Waals surface area contributed by atoms with Crippen LogP contribution in [-0.2, 0) is 4.79 Å². The Bertz CT molecular complexity index is 762. The van der Waals surface area contributed by atoms with E-state index in [-0.39, 0.29) is 18.0 Å². The van der Waals surface area contributed by atoms with Crippen molar-refractivity contribution >= 4 is 23.2 Å². The Hall–Kier alpha value is -2.80. The molecule has 6 nitrogen and oxygen atoms in total. The van der Waals surface area contributed by atoms with Crippen molar-refractivity contribution < 1.29 is 14.0 Å². The molecular weight excluding hydrogens is 311 g/mol. The topological polar surface area (TPSA) is 74.3 Å². The Labute approximate surface area is 139 Å². The SMILES string of the molecule is Cc1ccc(NC(=O)c2ccncc2F)cc1NC(=O)CN(C)C. The van der Waals surface area contributed by atoms with E-state index in [4.69, 9.17) is 0 Å². The van der Waals surface area contributed by atoms with E-state index in [9.17, 15) is 14.0 Å². The highest BCUT2D eigenvalue weighted by Gasteiger charge is 2.13. The maximum atomic E-state index is 13.6. The van der Waals surface area contributed by atoms with Gasteiger partial charge in [-0.05, 0) is 44.8 Å². The van der Waals surface area contributed by atoms with Gasteiger partial charge in [-0.15, -0.1) is 0 Å². The van der Waals surface area contributed by atoms with E-state index >= 15 is 0 Å². The number of anilines is 2. The molecule has 1 aromatic heterocycles.